The number of nitrogens with one attached hydrogen (secondary N) is 1. The largest absolute Gasteiger partial charge is 0.383 e. The van der Waals surface area contributed by atoms with E-state index in [2.05, 4.69) is 5.32 Å². The van der Waals surface area contributed by atoms with Crippen molar-refractivity contribution in [1.82, 2.24) is 5.32 Å². The molecule has 1 aliphatic carbocycles. The molecular weight excluding hydrogens is 220 g/mol. The summed E-state index contributed by atoms with van der Waals surface area (Å²) in [6.45, 7) is 1.84. The summed E-state index contributed by atoms with van der Waals surface area (Å²) < 4.78 is 10.5. The Hall–Kier alpha value is -0.650. The first-order chi connectivity index (χ1) is 8.27. The van der Waals surface area contributed by atoms with Crippen LogP contribution in [0.5, 0.6) is 0 Å². The zero-order valence-corrected chi connectivity index (χ0v) is 10.6. The summed E-state index contributed by atoms with van der Waals surface area (Å²) in [6, 6.07) is 0. The van der Waals surface area contributed by atoms with E-state index in [1.807, 2.05) is 0 Å². The lowest BCUT2D eigenvalue weighted by molar-refractivity contribution is -0.129. The van der Waals surface area contributed by atoms with Gasteiger partial charge in [-0.25, -0.2) is 0 Å². The van der Waals surface area contributed by atoms with E-state index in [-0.39, 0.29) is 18.6 Å². The van der Waals surface area contributed by atoms with Crippen LogP contribution in [0.4, 0.5) is 0 Å². The number of hydrogen-bond acceptors (Lipinski definition) is 4. The molecule has 0 aromatic carbocycles. The van der Waals surface area contributed by atoms with E-state index < -0.39 is 0 Å². The molecule has 100 valence electrons. The van der Waals surface area contributed by atoms with Crippen molar-refractivity contribution in [3.05, 3.63) is 0 Å². The standard InChI is InChI=1S/C12H24N2O3/c1-16-7-6-14-12(15)9-17-11-5-3-2-4-10(11)8-13/h10-11H,2-9,13H2,1H3,(H,14,15). The average Bonchev–Trinajstić information content (AvgIpc) is 2.37. The van der Waals surface area contributed by atoms with E-state index >= 15 is 0 Å². The first-order valence-corrected chi connectivity index (χ1v) is 6.35. The van der Waals surface area contributed by atoms with E-state index in [0.29, 0.717) is 25.6 Å². The van der Waals surface area contributed by atoms with Crippen molar-refractivity contribution in [2.45, 2.75) is 31.8 Å². The minimum absolute atomic E-state index is 0.0802. The lowest BCUT2D eigenvalue weighted by atomic mass is 9.86. The molecule has 5 nitrogen and oxygen atoms in total. The second-order valence-corrected chi connectivity index (χ2v) is 4.47. The molecule has 0 spiro atoms. The number of hydrogen-bond donors (Lipinski definition) is 2. The van der Waals surface area contributed by atoms with E-state index in [0.717, 1.165) is 12.8 Å². The fraction of sp³-hybridized carbons (Fsp3) is 0.917. The normalized spacial score (nSPS) is 24.6. The summed E-state index contributed by atoms with van der Waals surface area (Å²) in [4.78, 5) is 11.4. The van der Waals surface area contributed by atoms with Gasteiger partial charge in [0.05, 0.1) is 12.7 Å². The summed E-state index contributed by atoms with van der Waals surface area (Å²) in [6.07, 6.45) is 4.69. The number of ether oxygens (including phenoxy) is 2. The lowest BCUT2D eigenvalue weighted by Crippen LogP contribution is -2.37. The fourth-order valence-electron chi connectivity index (χ4n) is 2.19. The molecule has 0 bridgehead atoms. The maximum Gasteiger partial charge on any atom is 0.246 e. The molecule has 1 aliphatic rings. The predicted molar refractivity (Wildman–Crippen MR) is 65.6 cm³/mol. The lowest BCUT2D eigenvalue weighted by Gasteiger charge is -2.30. The Morgan fingerprint density at radius 2 is 2.18 bits per heavy atom. The van der Waals surface area contributed by atoms with Crippen LogP contribution in [0.1, 0.15) is 25.7 Å². The maximum absolute atomic E-state index is 11.4. The van der Waals surface area contributed by atoms with Gasteiger partial charge in [0.15, 0.2) is 0 Å². The van der Waals surface area contributed by atoms with Crippen LogP contribution in [0.3, 0.4) is 0 Å². The molecule has 2 atom stereocenters. The Labute approximate surface area is 103 Å². The Kier molecular flexibility index (Phi) is 7.16. The third-order valence-electron chi connectivity index (χ3n) is 3.20. The molecule has 1 amide bonds. The molecular formula is C12H24N2O3. The average molecular weight is 244 g/mol. The summed E-state index contributed by atoms with van der Waals surface area (Å²) in [5.41, 5.74) is 5.70. The zero-order chi connectivity index (χ0) is 12.5. The van der Waals surface area contributed by atoms with E-state index in [1.165, 1.54) is 12.8 Å². The predicted octanol–water partition coefficient (Wildman–Crippen LogP) is 0.283. The van der Waals surface area contributed by atoms with Crippen molar-refractivity contribution < 1.29 is 14.3 Å². The number of carbonyl (C=O) groups excluding carboxylic acids is 1. The highest BCUT2D eigenvalue weighted by atomic mass is 16.5. The Bertz CT molecular complexity index is 224. The van der Waals surface area contributed by atoms with Gasteiger partial charge >= 0.3 is 0 Å². The quantitative estimate of drug-likeness (QED) is 0.631. The van der Waals surface area contributed by atoms with Crippen molar-refractivity contribution in [3.63, 3.8) is 0 Å². The molecule has 1 rings (SSSR count). The highest BCUT2D eigenvalue weighted by molar-refractivity contribution is 5.77. The van der Waals surface area contributed by atoms with Crippen molar-refractivity contribution in [1.29, 1.82) is 0 Å². The fourth-order valence-corrected chi connectivity index (χ4v) is 2.19. The van der Waals surface area contributed by atoms with E-state index in [1.54, 1.807) is 7.11 Å². The topological polar surface area (TPSA) is 73.6 Å². The molecule has 2 unspecified atom stereocenters. The second-order valence-electron chi connectivity index (χ2n) is 4.47. The van der Waals surface area contributed by atoms with E-state index in [4.69, 9.17) is 15.2 Å². The van der Waals surface area contributed by atoms with Gasteiger partial charge in [0.1, 0.15) is 6.61 Å². The van der Waals surface area contributed by atoms with Crippen LogP contribution in [-0.4, -0.2) is 45.4 Å². The molecule has 5 heteroatoms. The first kappa shape index (κ1) is 14.4. The number of carbonyl (C=O) groups is 1. The summed E-state index contributed by atoms with van der Waals surface area (Å²) in [5.74, 6) is 0.332. The van der Waals surface area contributed by atoms with Crippen LogP contribution < -0.4 is 11.1 Å². The van der Waals surface area contributed by atoms with Crippen molar-refractivity contribution in [2.75, 3.05) is 33.4 Å². The molecule has 0 aromatic heterocycles. The smallest absolute Gasteiger partial charge is 0.246 e. The zero-order valence-electron chi connectivity index (χ0n) is 10.6. The monoisotopic (exact) mass is 244 g/mol. The van der Waals surface area contributed by atoms with Gasteiger partial charge in [-0.1, -0.05) is 12.8 Å². The molecule has 1 saturated carbocycles. The third kappa shape index (κ3) is 5.48. The van der Waals surface area contributed by atoms with Gasteiger partial charge in [0.2, 0.25) is 5.91 Å². The molecule has 17 heavy (non-hydrogen) atoms. The molecule has 0 saturated heterocycles. The summed E-state index contributed by atoms with van der Waals surface area (Å²) in [5, 5.41) is 2.74. The third-order valence-corrected chi connectivity index (χ3v) is 3.20. The molecule has 0 aliphatic heterocycles. The van der Waals surface area contributed by atoms with Crippen LogP contribution in [-0.2, 0) is 14.3 Å². The van der Waals surface area contributed by atoms with Gasteiger partial charge in [0.25, 0.3) is 0 Å². The van der Waals surface area contributed by atoms with Crippen LogP contribution >= 0.6 is 0 Å². The molecule has 0 radical (unpaired) electrons. The van der Waals surface area contributed by atoms with Gasteiger partial charge in [-0.15, -0.1) is 0 Å². The van der Waals surface area contributed by atoms with Gasteiger partial charge in [-0.3, -0.25) is 4.79 Å². The minimum Gasteiger partial charge on any atom is -0.383 e. The van der Waals surface area contributed by atoms with Gasteiger partial charge < -0.3 is 20.5 Å². The van der Waals surface area contributed by atoms with Gasteiger partial charge in [0, 0.05) is 13.7 Å². The second kappa shape index (κ2) is 8.44. The van der Waals surface area contributed by atoms with Gasteiger partial charge in [-0.05, 0) is 25.3 Å². The van der Waals surface area contributed by atoms with Crippen molar-refractivity contribution in [3.8, 4) is 0 Å². The highest BCUT2D eigenvalue weighted by Crippen LogP contribution is 2.25. The SMILES string of the molecule is COCCNC(=O)COC1CCCCC1CN. The van der Waals surface area contributed by atoms with Crippen LogP contribution in [0.2, 0.25) is 0 Å². The first-order valence-electron chi connectivity index (χ1n) is 6.35. The maximum atomic E-state index is 11.4. The number of methoxy groups -OCH3 is 1. The Morgan fingerprint density at radius 3 is 2.88 bits per heavy atom. The Balaban J connectivity index is 2.17. The van der Waals surface area contributed by atoms with Crippen molar-refractivity contribution in [2.24, 2.45) is 11.7 Å². The molecule has 1 fully saturated rings. The number of nitrogens with two attached hydrogens (primary N) is 1. The summed E-state index contributed by atoms with van der Waals surface area (Å²) >= 11 is 0. The van der Waals surface area contributed by atoms with Crippen molar-refractivity contribution >= 4 is 5.91 Å². The number of amides is 1. The molecule has 0 heterocycles. The summed E-state index contributed by atoms with van der Waals surface area (Å²) in [7, 11) is 1.61. The highest BCUT2D eigenvalue weighted by Gasteiger charge is 2.24. The molecule has 3 N–H and O–H groups in total. The van der Waals surface area contributed by atoms with Gasteiger partial charge in [-0.2, -0.15) is 0 Å². The van der Waals surface area contributed by atoms with Crippen LogP contribution in [0, 0.1) is 5.92 Å². The Morgan fingerprint density at radius 1 is 1.41 bits per heavy atom. The molecule has 0 aromatic rings. The van der Waals surface area contributed by atoms with E-state index in [9.17, 15) is 4.79 Å². The van der Waals surface area contributed by atoms with Crippen LogP contribution in [0.25, 0.3) is 0 Å². The minimum atomic E-state index is -0.0802. The van der Waals surface area contributed by atoms with Crippen LogP contribution in [0.15, 0.2) is 0 Å². The number of rotatable bonds is 7.